The second kappa shape index (κ2) is 6.47. The third-order valence-corrected chi connectivity index (χ3v) is 4.76. The van der Waals surface area contributed by atoms with Gasteiger partial charge in [-0.05, 0) is 29.8 Å². The molecule has 0 aliphatic rings. The maximum absolute atomic E-state index is 6.33. The van der Waals surface area contributed by atoms with Gasteiger partial charge in [0.15, 0.2) is 0 Å². The van der Waals surface area contributed by atoms with Crippen molar-refractivity contribution in [2.45, 2.75) is 0 Å². The van der Waals surface area contributed by atoms with E-state index < -0.39 is 0 Å². The van der Waals surface area contributed by atoms with Gasteiger partial charge in [-0.25, -0.2) is 4.98 Å². The van der Waals surface area contributed by atoms with Crippen molar-refractivity contribution in [1.29, 1.82) is 0 Å². The maximum Gasteiger partial charge on any atom is 0.138 e. The van der Waals surface area contributed by atoms with E-state index >= 15 is 0 Å². The molecule has 0 saturated carbocycles. The number of rotatable bonds is 3. The molecule has 25 heavy (non-hydrogen) atoms. The molecule has 0 aliphatic heterocycles. The van der Waals surface area contributed by atoms with Gasteiger partial charge in [0.2, 0.25) is 0 Å². The van der Waals surface area contributed by atoms with E-state index in [1.54, 1.807) is 12.3 Å². The van der Waals surface area contributed by atoms with Crippen molar-refractivity contribution in [2.75, 3.05) is 0 Å². The Kier molecular flexibility index (Phi) is 4.15. The number of fused-ring (bicyclic) bond motifs is 1. The van der Waals surface area contributed by atoms with Gasteiger partial charge in [-0.3, -0.25) is 4.98 Å². The SMILES string of the molecule is C=Cc1cnc(-c2ccc(-c3nc4ccc(Br)cc4[nH]3)cc2)c(Cl)c1. The van der Waals surface area contributed by atoms with Gasteiger partial charge in [0.05, 0.1) is 21.7 Å². The normalized spacial score (nSPS) is 11.0. The number of imidazole rings is 1. The number of hydrogen-bond donors (Lipinski definition) is 1. The van der Waals surface area contributed by atoms with Crippen LogP contribution in [0.25, 0.3) is 39.8 Å². The summed E-state index contributed by atoms with van der Waals surface area (Å²) in [6.45, 7) is 3.73. The highest BCUT2D eigenvalue weighted by molar-refractivity contribution is 9.10. The van der Waals surface area contributed by atoms with Crippen molar-refractivity contribution < 1.29 is 0 Å². The average Bonchev–Trinajstić information content (AvgIpc) is 3.05. The molecular weight excluding hydrogens is 398 g/mol. The van der Waals surface area contributed by atoms with Crippen molar-refractivity contribution in [1.82, 2.24) is 15.0 Å². The third kappa shape index (κ3) is 3.11. The lowest BCUT2D eigenvalue weighted by molar-refractivity contribution is 1.31. The van der Waals surface area contributed by atoms with Crippen LogP contribution in [-0.4, -0.2) is 15.0 Å². The number of aromatic amines is 1. The molecule has 2 aromatic heterocycles. The highest BCUT2D eigenvalue weighted by atomic mass is 79.9. The Labute approximate surface area is 158 Å². The molecule has 4 aromatic rings. The summed E-state index contributed by atoms with van der Waals surface area (Å²) in [5.74, 6) is 0.834. The Morgan fingerprint density at radius 2 is 1.80 bits per heavy atom. The van der Waals surface area contributed by atoms with E-state index in [1.807, 2.05) is 48.5 Å². The van der Waals surface area contributed by atoms with Crippen molar-refractivity contribution in [3.8, 4) is 22.6 Å². The molecule has 0 aliphatic carbocycles. The molecule has 0 saturated heterocycles. The molecule has 3 nitrogen and oxygen atoms in total. The van der Waals surface area contributed by atoms with E-state index in [-0.39, 0.29) is 0 Å². The first-order chi connectivity index (χ1) is 12.1. The highest BCUT2D eigenvalue weighted by Gasteiger charge is 2.09. The summed E-state index contributed by atoms with van der Waals surface area (Å²) >= 11 is 9.81. The monoisotopic (exact) mass is 409 g/mol. The Balaban J connectivity index is 1.70. The fraction of sp³-hybridized carbons (Fsp3) is 0. The molecule has 0 fully saturated rings. The molecule has 1 N–H and O–H groups in total. The average molecular weight is 411 g/mol. The maximum atomic E-state index is 6.33. The number of nitrogens with one attached hydrogen (secondary N) is 1. The fourth-order valence-corrected chi connectivity index (χ4v) is 3.33. The Hall–Kier alpha value is -2.43. The first-order valence-corrected chi connectivity index (χ1v) is 8.85. The molecule has 0 bridgehead atoms. The van der Waals surface area contributed by atoms with E-state index in [2.05, 4.69) is 37.5 Å². The summed E-state index contributed by atoms with van der Waals surface area (Å²) in [6, 6.07) is 15.9. The smallest absolute Gasteiger partial charge is 0.138 e. The lowest BCUT2D eigenvalue weighted by Crippen LogP contribution is -1.87. The van der Waals surface area contributed by atoms with Crippen molar-refractivity contribution in [3.05, 3.63) is 76.4 Å². The van der Waals surface area contributed by atoms with Crippen LogP contribution >= 0.6 is 27.5 Å². The molecule has 2 aromatic carbocycles. The molecule has 0 unspecified atom stereocenters. The second-order valence-corrected chi connectivity index (χ2v) is 6.95. The molecule has 0 radical (unpaired) electrons. The van der Waals surface area contributed by atoms with Crippen LogP contribution < -0.4 is 0 Å². The van der Waals surface area contributed by atoms with Crippen LogP contribution in [0, 0.1) is 0 Å². The first kappa shape index (κ1) is 16.1. The zero-order valence-electron chi connectivity index (χ0n) is 13.1. The minimum atomic E-state index is 0.610. The van der Waals surface area contributed by atoms with Crippen molar-refractivity contribution >= 4 is 44.6 Å². The standard InChI is InChI=1S/C20H13BrClN3/c1-2-12-9-16(22)19(23-11-12)13-3-5-14(6-4-13)20-24-17-8-7-15(21)10-18(17)25-20/h2-11H,1H2,(H,24,25). The van der Waals surface area contributed by atoms with E-state index in [4.69, 9.17) is 11.6 Å². The number of benzene rings is 2. The Morgan fingerprint density at radius 3 is 2.52 bits per heavy atom. The summed E-state index contributed by atoms with van der Waals surface area (Å²) in [5, 5.41) is 0.610. The fourth-order valence-electron chi connectivity index (χ4n) is 2.68. The largest absolute Gasteiger partial charge is 0.338 e. The van der Waals surface area contributed by atoms with Gasteiger partial charge >= 0.3 is 0 Å². The third-order valence-electron chi connectivity index (χ3n) is 3.97. The van der Waals surface area contributed by atoms with Gasteiger partial charge < -0.3 is 4.98 Å². The number of nitrogens with zero attached hydrogens (tertiary/aromatic N) is 2. The summed E-state index contributed by atoms with van der Waals surface area (Å²) in [7, 11) is 0. The summed E-state index contributed by atoms with van der Waals surface area (Å²) in [5.41, 5.74) is 5.56. The van der Waals surface area contributed by atoms with Crippen LogP contribution in [0.5, 0.6) is 0 Å². The molecular formula is C20H13BrClN3. The van der Waals surface area contributed by atoms with Gasteiger partial charge in [-0.2, -0.15) is 0 Å². The van der Waals surface area contributed by atoms with Crippen LogP contribution in [-0.2, 0) is 0 Å². The van der Waals surface area contributed by atoms with Gasteiger partial charge in [-0.15, -0.1) is 0 Å². The van der Waals surface area contributed by atoms with Gasteiger partial charge in [0.1, 0.15) is 5.82 Å². The van der Waals surface area contributed by atoms with Crippen molar-refractivity contribution in [3.63, 3.8) is 0 Å². The predicted octanol–water partition coefficient (Wildman–Crippen LogP) is 6.35. The number of pyridine rings is 1. The zero-order chi connectivity index (χ0) is 17.4. The highest BCUT2D eigenvalue weighted by Crippen LogP contribution is 2.29. The van der Waals surface area contributed by atoms with Crippen LogP contribution in [0.3, 0.4) is 0 Å². The quantitative estimate of drug-likeness (QED) is 0.427. The minimum absolute atomic E-state index is 0.610. The number of aromatic nitrogens is 3. The van der Waals surface area contributed by atoms with E-state index in [0.717, 1.165) is 43.7 Å². The number of halogens is 2. The minimum Gasteiger partial charge on any atom is -0.338 e. The Bertz CT molecular complexity index is 1080. The van der Waals surface area contributed by atoms with E-state index in [9.17, 15) is 0 Å². The van der Waals surface area contributed by atoms with Crippen LogP contribution in [0.15, 0.2) is 65.8 Å². The van der Waals surface area contributed by atoms with Gasteiger partial charge in [0.25, 0.3) is 0 Å². The van der Waals surface area contributed by atoms with Crippen LogP contribution in [0.1, 0.15) is 5.56 Å². The lowest BCUT2D eigenvalue weighted by atomic mass is 10.1. The van der Waals surface area contributed by atoms with Crippen LogP contribution in [0.4, 0.5) is 0 Å². The lowest BCUT2D eigenvalue weighted by Gasteiger charge is -2.05. The number of hydrogen-bond acceptors (Lipinski definition) is 2. The molecule has 5 heteroatoms. The van der Waals surface area contributed by atoms with Crippen LogP contribution in [0.2, 0.25) is 5.02 Å². The molecule has 4 rings (SSSR count). The first-order valence-electron chi connectivity index (χ1n) is 7.68. The molecule has 0 spiro atoms. The van der Waals surface area contributed by atoms with E-state index in [1.165, 1.54) is 0 Å². The molecule has 122 valence electrons. The van der Waals surface area contributed by atoms with E-state index in [0.29, 0.717) is 5.02 Å². The van der Waals surface area contributed by atoms with Gasteiger partial charge in [-0.1, -0.05) is 64.5 Å². The second-order valence-electron chi connectivity index (χ2n) is 5.63. The van der Waals surface area contributed by atoms with Gasteiger partial charge in [0, 0.05) is 21.8 Å². The molecule has 2 heterocycles. The molecule has 0 amide bonds. The zero-order valence-corrected chi connectivity index (χ0v) is 15.5. The Morgan fingerprint density at radius 1 is 1.04 bits per heavy atom. The summed E-state index contributed by atoms with van der Waals surface area (Å²) < 4.78 is 1.02. The molecule has 0 atom stereocenters. The summed E-state index contributed by atoms with van der Waals surface area (Å²) in [4.78, 5) is 12.4. The topological polar surface area (TPSA) is 41.6 Å². The van der Waals surface area contributed by atoms with Crippen molar-refractivity contribution in [2.24, 2.45) is 0 Å². The predicted molar refractivity (Wildman–Crippen MR) is 108 cm³/mol. The number of H-pyrrole nitrogens is 1. The summed E-state index contributed by atoms with van der Waals surface area (Å²) in [6.07, 6.45) is 3.49.